The van der Waals surface area contributed by atoms with Crippen LogP contribution in [0.15, 0.2) is 9.66 Å². The number of rotatable bonds is 5. The van der Waals surface area contributed by atoms with E-state index in [1.807, 2.05) is 6.08 Å². The molecule has 0 saturated carbocycles. The van der Waals surface area contributed by atoms with Gasteiger partial charge < -0.3 is 13.6 Å². The molecular formula is C19H37IO4Si2. The number of carbonyl (C=O) groups is 1. The smallest absolute Gasteiger partial charge is 0.200 e. The lowest BCUT2D eigenvalue weighted by atomic mass is 9.97. The number of hydrogen-bond donors (Lipinski definition) is 0. The molecule has 1 aliphatic rings. The molecule has 26 heavy (non-hydrogen) atoms. The van der Waals surface area contributed by atoms with E-state index in [9.17, 15) is 4.79 Å². The third-order valence-electron chi connectivity index (χ3n) is 6.15. The number of ketones is 1. The highest BCUT2D eigenvalue weighted by Gasteiger charge is 2.49. The Hall–Kier alpha value is 0.454. The summed E-state index contributed by atoms with van der Waals surface area (Å²) >= 11 is 2.10. The Morgan fingerprint density at radius 1 is 0.923 bits per heavy atom. The van der Waals surface area contributed by atoms with Crippen molar-refractivity contribution in [1.82, 2.24) is 0 Å². The number of Topliss-reactive ketones (excluding diaryl/α,β-unsaturated/α-hetero) is 1. The van der Waals surface area contributed by atoms with Crippen LogP contribution in [0.25, 0.3) is 0 Å². The summed E-state index contributed by atoms with van der Waals surface area (Å²) in [6, 6.07) is 0. The predicted octanol–water partition coefficient (Wildman–Crippen LogP) is 5.68. The normalized spacial score (nSPS) is 26.1. The minimum atomic E-state index is -2.09. The first-order chi connectivity index (χ1) is 11.4. The van der Waals surface area contributed by atoms with Crippen LogP contribution in [0.5, 0.6) is 0 Å². The van der Waals surface area contributed by atoms with Crippen molar-refractivity contribution in [2.45, 2.75) is 96.1 Å². The SMILES string of the molecule is CO[C@@H]1C(=O)C(I)=C[C@H](O[Si](C)(C)C(C)(C)C)[C@H]1O[Si](C)(C)C(C)(C)C. The van der Waals surface area contributed by atoms with Gasteiger partial charge in [0.15, 0.2) is 22.4 Å². The van der Waals surface area contributed by atoms with Gasteiger partial charge in [-0.3, -0.25) is 4.79 Å². The Morgan fingerprint density at radius 3 is 1.73 bits per heavy atom. The van der Waals surface area contributed by atoms with Crippen molar-refractivity contribution in [3.05, 3.63) is 9.66 Å². The topological polar surface area (TPSA) is 44.8 Å². The molecule has 7 heteroatoms. The van der Waals surface area contributed by atoms with Gasteiger partial charge in [0.2, 0.25) is 0 Å². The molecule has 4 nitrogen and oxygen atoms in total. The highest BCUT2D eigenvalue weighted by molar-refractivity contribution is 14.1. The summed E-state index contributed by atoms with van der Waals surface area (Å²) in [4.78, 5) is 12.7. The fourth-order valence-corrected chi connectivity index (χ4v) is 5.47. The summed E-state index contributed by atoms with van der Waals surface area (Å²) in [5.74, 6) is -0.00751. The van der Waals surface area contributed by atoms with Crippen molar-refractivity contribution in [2.75, 3.05) is 7.11 Å². The second kappa shape index (κ2) is 8.06. The lowest BCUT2D eigenvalue weighted by molar-refractivity contribution is -0.135. The van der Waals surface area contributed by atoms with Gasteiger partial charge in [-0.2, -0.15) is 0 Å². The molecule has 0 aromatic rings. The fraction of sp³-hybridized carbons (Fsp3) is 0.842. The van der Waals surface area contributed by atoms with Crippen LogP contribution in [0.3, 0.4) is 0 Å². The van der Waals surface area contributed by atoms with Crippen molar-refractivity contribution in [2.24, 2.45) is 0 Å². The summed E-state index contributed by atoms with van der Waals surface area (Å²) in [6.07, 6.45) is 0.660. The van der Waals surface area contributed by atoms with Crippen molar-refractivity contribution in [3.63, 3.8) is 0 Å². The Labute approximate surface area is 175 Å². The van der Waals surface area contributed by atoms with Gasteiger partial charge in [-0.05, 0) is 64.9 Å². The minimum Gasteiger partial charge on any atom is -0.408 e. The maximum absolute atomic E-state index is 12.7. The van der Waals surface area contributed by atoms with Crippen LogP contribution in [0, 0.1) is 0 Å². The Morgan fingerprint density at radius 2 is 1.35 bits per heavy atom. The van der Waals surface area contributed by atoms with E-state index in [1.165, 1.54) is 0 Å². The molecule has 0 amide bonds. The fourth-order valence-electron chi connectivity index (χ4n) is 2.28. The van der Waals surface area contributed by atoms with E-state index in [-0.39, 0.29) is 22.0 Å². The Kier molecular flexibility index (Phi) is 7.59. The molecule has 152 valence electrons. The van der Waals surface area contributed by atoms with Crippen LogP contribution in [0.2, 0.25) is 36.3 Å². The lowest BCUT2D eigenvalue weighted by Gasteiger charge is -2.47. The first-order valence-electron chi connectivity index (χ1n) is 9.24. The molecule has 0 radical (unpaired) electrons. The van der Waals surface area contributed by atoms with Gasteiger partial charge in [0, 0.05) is 7.11 Å². The number of carbonyl (C=O) groups excluding carboxylic acids is 1. The van der Waals surface area contributed by atoms with E-state index in [1.54, 1.807) is 7.11 Å². The molecule has 0 N–H and O–H groups in total. The molecule has 3 atom stereocenters. The zero-order valence-electron chi connectivity index (χ0n) is 18.3. The van der Waals surface area contributed by atoms with E-state index in [4.69, 9.17) is 13.6 Å². The quantitative estimate of drug-likeness (QED) is 0.351. The summed E-state index contributed by atoms with van der Waals surface area (Å²) in [6.45, 7) is 22.1. The summed E-state index contributed by atoms with van der Waals surface area (Å²) in [7, 11) is -2.54. The standard InChI is InChI=1S/C19H37IO4Si2/c1-18(2,3)25(8,9)23-14-12-13(20)15(21)17(22-7)16(14)24-26(10,11)19(4,5)6/h12,14,16-17H,1-11H3/t14-,16+,17+/m0/s1. The van der Waals surface area contributed by atoms with Crippen LogP contribution >= 0.6 is 22.6 Å². The molecule has 1 rings (SSSR count). The monoisotopic (exact) mass is 512 g/mol. The zero-order valence-corrected chi connectivity index (χ0v) is 22.5. The number of hydrogen-bond acceptors (Lipinski definition) is 4. The average Bonchev–Trinajstić information content (AvgIpc) is 2.41. The molecule has 0 spiro atoms. The Bertz CT molecular complexity index is 559. The third kappa shape index (κ3) is 5.28. The highest BCUT2D eigenvalue weighted by Crippen LogP contribution is 2.42. The second-order valence-electron chi connectivity index (χ2n) is 10.2. The van der Waals surface area contributed by atoms with Gasteiger partial charge in [-0.1, -0.05) is 41.5 Å². The first kappa shape index (κ1) is 24.5. The largest absolute Gasteiger partial charge is 0.408 e. The van der Waals surface area contributed by atoms with Crippen LogP contribution < -0.4 is 0 Å². The highest BCUT2D eigenvalue weighted by atomic mass is 127. The van der Waals surface area contributed by atoms with Crippen LogP contribution in [-0.2, 0) is 18.4 Å². The van der Waals surface area contributed by atoms with E-state index >= 15 is 0 Å². The van der Waals surface area contributed by atoms with Gasteiger partial charge in [0.1, 0.15) is 12.2 Å². The van der Waals surface area contributed by atoms with Gasteiger partial charge >= 0.3 is 0 Å². The van der Waals surface area contributed by atoms with Crippen LogP contribution in [-0.4, -0.2) is 47.8 Å². The second-order valence-corrected chi connectivity index (χ2v) is 20.9. The number of methoxy groups -OCH3 is 1. The average molecular weight is 513 g/mol. The lowest BCUT2D eigenvalue weighted by Crippen LogP contribution is -2.58. The molecule has 0 unspecified atom stereocenters. The predicted molar refractivity (Wildman–Crippen MR) is 122 cm³/mol. The Balaban J connectivity index is 3.31. The summed E-state index contributed by atoms with van der Waals surface area (Å²) in [5.41, 5.74) is 0. The molecule has 1 aliphatic carbocycles. The van der Waals surface area contributed by atoms with E-state index in [2.05, 4.69) is 90.3 Å². The van der Waals surface area contributed by atoms with Crippen LogP contribution in [0.4, 0.5) is 0 Å². The van der Waals surface area contributed by atoms with Gasteiger partial charge in [0.05, 0.1) is 9.68 Å². The molecule has 0 aromatic carbocycles. The van der Waals surface area contributed by atoms with Crippen LogP contribution in [0.1, 0.15) is 41.5 Å². The van der Waals surface area contributed by atoms with E-state index in [0.29, 0.717) is 3.58 Å². The van der Waals surface area contributed by atoms with Gasteiger partial charge in [-0.25, -0.2) is 0 Å². The molecule has 0 aliphatic heterocycles. The summed E-state index contributed by atoms with van der Waals surface area (Å²) < 4.78 is 19.7. The first-order valence-corrected chi connectivity index (χ1v) is 16.1. The van der Waals surface area contributed by atoms with Crippen molar-refractivity contribution < 1.29 is 18.4 Å². The maximum atomic E-state index is 12.7. The minimum absolute atomic E-state index is 0.00751. The van der Waals surface area contributed by atoms with E-state index in [0.717, 1.165) is 0 Å². The summed E-state index contributed by atoms with van der Waals surface area (Å²) in [5, 5.41) is 0.127. The van der Waals surface area contributed by atoms with Gasteiger partial charge in [-0.15, -0.1) is 0 Å². The molecule has 0 bridgehead atoms. The maximum Gasteiger partial charge on any atom is 0.200 e. The van der Waals surface area contributed by atoms with Crippen molar-refractivity contribution >= 4 is 45.0 Å². The third-order valence-corrected chi connectivity index (χ3v) is 16.0. The number of halogens is 1. The molecule has 0 fully saturated rings. The zero-order chi connectivity index (χ0) is 20.7. The molecule has 0 heterocycles. The van der Waals surface area contributed by atoms with Gasteiger partial charge in [0.25, 0.3) is 0 Å². The van der Waals surface area contributed by atoms with Crippen molar-refractivity contribution in [3.8, 4) is 0 Å². The molecule has 0 saturated heterocycles. The number of ether oxygens (including phenoxy) is 1. The van der Waals surface area contributed by atoms with Crippen molar-refractivity contribution in [1.29, 1.82) is 0 Å². The molecular weight excluding hydrogens is 475 g/mol. The molecule has 0 aromatic heterocycles. The van der Waals surface area contributed by atoms with E-state index < -0.39 is 28.8 Å².